The van der Waals surface area contributed by atoms with Crippen LogP contribution in [0.1, 0.15) is 5.56 Å². The molecule has 156 valence electrons. The lowest BCUT2D eigenvalue weighted by Crippen LogP contribution is -2.32. The molecule has 3 aromatic rings. The lowest BCUT2D eigenvalue weighted by Gasteiger charge is -2.27. The molecule has 7 heteroatoms. The fourth-order valence-corrected chi connectivity index (χ4v) is 4.94. The van der Waals surface area contributed by atoms with Crippen molar-refractivity contribution in [1.82, 2.24) is 9.88 Å². The molecule has 0 unspecified atom stereocenters. The third-order valence-electron chi connectivity index (χ3n) is 5.55. The normalized spacial score (nSPS) is 16.1. The molecule has 0 saturated carbocycles. The Morgan fingerprint density at radius 3 is 2.57 bits per heavy atom. The van der Waals surface area contributed by atoms with Crippen molar-refractivity contribution in [2.45, 2.75) is 6.54 Å². The third kappa shape index (κ3) is 3.63. The van der Waals surface area contributed by atoms with Crippen molar-refractivity contribution >= 4 is 22.7 Å². The Kier molecular flexibility index (Phi) is 5.31. The van der Waals surface area contributed by atoms with E-state index in [-0.39, 0.29) is 6.79 Å². The zero-order valence-electron chi connectivity index (χ0n) is 17.1. The van der Waals surface area contributed by atoms with E-state index < -0.39 is 0 Å². The second-order valence-corrected chi connectivity index (χ2v) is 8.57. The predicted molar refractivity (Wildman–Crippen MR) is 119 cm³/mol. The smallest absolute Gasteiger partial charge is 0.231 e. The maximum Gasteiger partial charge on any atom is 0.231 e. The molecule has 0 aliphatic carbocycles. The van der Waals surface area contributed by atoms with Crippen LogP contribution in [0.5, 0.6) is 23.0 Å². The van der Waals surface area contributed by atoms with Crippen molar-refractivity contribution in [3.63, 3.8) is 0 Å². The minimum atomic E-state index is 0.251. The molecule has 5 rings (SSSR count). The highest BCUT2D eigenvalue weighted by molar-refractivity contribution is 7.99. The van der Waals surface area contributed by atoms with Crippen LogP contribution >= 0.6 is 11.8 Å². The second-order valence-electron chi connectivity index (χ2n) is 7.35. The number of pyridine rings is 1. The van der Waals surface area contributed by atoms with Crippen LogP contribution < -0.4 is 18.9 Å². The summed E-state index contributed by atoms with van der Waals surface area (Å²) >= 11 is 2.01. The van der Waals surface area contributed by atoms with Crippen LogP contribution in [0, 0.1) is 0 Å². The van der Waals surface area contributed by atoms with Gasteiger partial charge in [0.2, 0.25) is 6.79 Å². The number of benzene rings is 2. The fourth-order valence-electron chi connectivity index (χ4n) is 3.96. The monoisotopic (exact) mass is 424 g/mol. The Bertz CT molecular complexity index is 1080. The van der Waals surface area contributed by atoms with Gasteiger partial charge in [-0.3, -0.25) is 4.90 Å². The van der Waals surface area contributed by atoms with Gasteiger partial charge < -0.3 is 18.9 Å². The molecule has 2 aliphatic heterocycles. The molecule has 0 spiro atoms. The van der Waals surface area contributed by atoms with E-state index in [1.54, 1.807) is 14.2 Å². The van der Waals surface area contributed by atoms with Gasteiger partial charge in [-0.05, 0) is 35.9 Å². The van der Waals surface area contributed by atoms with Gasteiger partial charge in [-0.25, -0.2) is 4.98 Å². The first kappa shape index (κ1) is 19.3. The maximum atomic E-state index is 5.67. The zero-order chi connectivity index (χ0) is 20.5. The molecule has 1 fully saturated rings. The van der Waals surface area contributed by atoms with Crippen molar-refractivity contribution in [3.8, 4) is 34.3 Å². The number of aromatic nitrogens is 1. The van der Waals surface area contributed by atoms with Gasteiger partial charge in [0.25, 0.3) is 0 Å². The summed E-state index contributed by atoms with van der Waals surface area (Å²) in [4.78, 5) is 7.56. The van der Waals surface area contributed by atoms with Crippen molar-refractivity contribution < 1.29 is 18.9 Å². The highest BCUT2D eigenvalue weighted by atomic mass is 32.2. The minimum absolute atomic E-state index is 0.251. The van der Waals surface area contributed by atoms with E-state index in [0.29, 0.717) is 0 Å². The standard InChI is InChI=1S/C23H24N2O4S/c1-26-17-3-4-20(27-2)18(11-17)23-16(13-25-5-7-30-8-6-25)9-15-10-21-22(29-14-28-21)12-19(15)24-23/h3-4,9-12H,5-8,13-14H2,1-2H3. The van der Waals surface area contributed by atoms with Crippen LogP contribution in [0.25, 0.3) is 22.2 Å². The number of hydrogen-bond donors (Lipinski definition) is 0. The molecule has 1 saturated heterocycles. The van der Waals surface area contributed by atoms with Crippen molar-refractivity contribution in [2.75, 3.05) is 45.6 Å². The number of rotatable bonds is 5. The lowest BCUT2D eigenvalue weighted by atomic mass is 10.0. The quantitative estimate of drug-likeness (QED) is 0.608. The van der Waals surface area contributed by atoms with Gasteiger partial charge in [0.05, 0.1) is 25.4 Å². The molecule has 0 radical (unpaired) electrons. The Morgan fingerprint density at radius 2 is 1.80 bits per heavy atom. The second kappa shape index (κ2) is 8.24. The van der Waals surface area contributed by atoms with E-state index in [2.05, 4.69) is 11.0 Å². The molecule has 1 aromatic heterocycles. The Hall–Kier alpha value is -2.64. The van der Waals surface area contributed by atoms with Crippen molar-refractivity contribution in [1.29, 1.82) is 0 Å². The van der Waals surface area contributed by atoms with Gasteiger partial charge in [0.1, 0.15) is 11.5 Å². The Labute approximate surface area is 180 Å². The lowest BCUT2D eigenvalue weighted by molar-refractivity contribution is 0.174. The van der Waals surface area contributed by atoms with Gasteiger partial charge in [-0.15, -0.1) is 0 Å². The molecule has 3 heterocycles. The van der Waals surface area contributed by atoms with Crippen LogP contribution in [-0.2, 0) is 6.54 Å². The molecular formula is C23H24N2O4S. The molecule has 0 atom stereocenters. The van der Waals surface area contributed by atoms with Crippen LogP contribution in [0.2, 0.25) is 0 Å². The van der Waals surface area contributed by atoms with E-state index in [9.17, 15) is 0 Å². The number of ether oxygens (including phenoxy) is 4. The van der Waals surface area contributed by atoms with E-state index in [1.165, 1.54) is 5.56 Å². The molecule has 2 aliphatic rings. The first-order valence-corrected chi connectivity index (χ1v) is 11.2. The van der Waals surface area contributed by atoms with Gasteiger partial charge >= 0.3 is 0 Å². The summed E-state index contributed by atoms with van der Waals surface area (Å²) in [5.74, 6) is 5.39. The fraction of sp³-hybridized carbons (Fsp3) is 0.348. The number of nitrogens with zero attached hydrogens (tertiary/aromatic N) is 2. The molecule has 0 bridgehead atoms. The number of thioether (sulfide) groups is 1. The summed E-state index contributed by atoms with van der Waals surface area (Å²) in [6.07, 6.45) is 0. The summed E-state index contributed by atoms with van der Waals surface area (Å²) in [5, 5.41) is 1.05. The van der Waals surface area contributed by atoms with E-state index in [0.717, 1.165) is 76.3 Å². The van der Waals surface area contributed by atoms with Crippen LogP contribution in [0.15, 0.2) is 36.4 Å². The average Bonchev–Trinajstić information content (AvgIpc) is 3.24. The largest absolute Gasteiger partial charge is 0.497 e. The minimum Gasteiger partial charge on any atom is -0.497 e. The topological polar surface area (TPSA) is 53.1 Å². The Morgan fingerprint density at radius 1 is 1.00 bits per heavy atom. The summed E-state index contributed by atoms with van der Waals surface area (Å²) in [6.45, 7) is 3.26. The Balaban J connectivity index is 1.67. The first-order valence-electron chi connectivity index (χ1n) is 10.0. The van der Waals surface area contributed by atoms with E-state index in [4.69, 9.17) is 23.9 Å². The molecule has 30 heavy (non-hydrogen) atoms. The molecular weight excluding hydrogens is 400 g/mol. The van der Waals surface area contributed by atoms with Crippen molar-refractivity contribution in [2.24, 2.45) is 0 Å². The van der Waals surface area contributed by atoms with Gasteiger partial charge in [0.15, 0.2) is 11.5 Å². The SMILES string of the molecule is COc1ccc(OC)c(-c2nc3cc4c(cc3cc2CN2CCSCC2)OCO4)c1. The molecule has 2 aromatic carbocycles. The highest BCUT2D eigenvalue weighted by Gasteiger charge is 2.21. The third-order valence-corrected chi connectivity index (χ3v) is 6.49. The summed E-state index contributed by atoms with van der Waals surface area (Å²) in [6, 6.07) is 12.0. The van der Waals surface area contributed by atoms with Crippen LogP contribution in [-0.4, -0.2) is 55.5 Å². The van der Waals surface area contributed by atoms with E-state index >= 15 is 0 Å². The molecule has 0 N–H and O–H groups in total. The number of hydrogen-bond acceptors (Lipinski definition) is 7. The van der Waals surface area contributed by atoms with E-state index in [1.807, 2.05) is 42.1 Å². The number of methoxy groups -OCH3 is 2. The van der Waals surface area contributed by atoms with Crippen LogP contribution in [0.4, 0.5) is 0 Å². The van der Waals surface area contributed by atoms with Gasteiger partial charge in [-0.2, -0.15) is 11.8 Å². The number of fused-ring (bicyclic) bond motifs is 2. The summed E-state index contributed by atoms with van der Waals surface area (Å²) in [5.41, 5.74) is 3.88. The first-order chi connectivity index (χ1) is 14.7. The summed E-state index contributed by atoms with van der Waals surface area (Å²) in [7, 11) is 3.36. The summed E-state index contributed by atoms with van der Waals surface area (Å²) < 4.78 is 22.3. The highest BCUT2D eigenvalue weighted by Crippen LogP contribution is 2.40. The average molecular weight is 425 g/mol. The van der Waals surface area contributed by atoms with Crippen molar-refractivity contribution in [3.05, 3.63) is 42.0 Å². The molecule has 6 nitrogen and oxygen atoms in total. The van der Waals surface area contributed by atoms with Gasteiger partial charge in [-0.1, -0.05) is 0 Å². The molecule has 0 amide bonds. The maximum absolute atomic E-state index is 5.67. The predicted octanol–water partition coefficient (Wildman–Crippen LogP) is 4.20. The van der Waals surface area contributed by atoms with Gasteiger partial charge in [0, 0.05) is 48.2 Å². The zero-order valence-corrected chi connectivity index (χ0v) is 18.0. The van der Waals surface area contributed by atoms with Crippen LogP contribution in [0.3, 0.4) is 0 Å².